The lowest BCUT2D eigenvalue weighted by atomic mass is 9.96. The molecule has 1 amide bonds. The molecule has 1 saturated heterocycles. The van der Waals surface area contributed by atoms with Crippen LogP contribution in [0.25, 0.3) is 0 Å². The molecule has 2 heterocycles. The molecule has 5 rings (SSSR count). The van der Waals surface area contributed by atoms with Gasteiger partial charge in [-0.15, -0.1) is 0 Å². The van der Waals surface area contributed by atoms with Gasteiger partial charge >= 0.3 is 0 Å². The van der Waals surface area contributed by atoms with Crippen LogP contribution in [0.2, 0.25) is 0 Å². The Bertz CT molecular complexity index is 1080. The Balaban J connectivity index is 1.35. The molecule has 3 aromatic rings. The summed E-state index contributed by atoms with van der Waals surface area (Å²) < 4.78 is 17.1. The normalized spacial score (nSPS) is 18.4. The van der Waals surface area contributed by atoms with Gasteiger partial charge in [-0.05, 0) is 43.4 Å². The molecule has 1 aliphatic heterocycles. The summed E-state index contributed by atoms with van der Waals surface area (Å²) in [5.74, 6) is 2.23. The number of carbonyl (C=O) groups excluding carboxylic acids is 1. The summed E-state index contributed by atoms with van der Waals surface area (Å²) in [7, 11) is 1.68. The molecule has 7 nitrogen and oxygen atoms in total. The van der Waals surface area contributed by atoms with Crippen LogP contribution < -0.4 is 14.4 Å². The maximum atomic E-state index is 13.2. The number of nitrogens with zero attached hydrogens (tertiary/aromatic N) is 3. The number of rotatable bonds is 8. The zero-order valence-corrected chi connectivity index (χ0v) is 19.6. The second-order valence-corrected chi connectivity index (χ2v) is 9.03. The number of aromatic nitrogens is 1. The molecule has 0 spiro atoms. The van der Waals surface area contributed by atoms with Crippen molar-refractivity contribution < 1.29 is 18.7 Å². The smallest absolute Gasteiger partial charge is 0.230 e. The number of benzene rings is 2. The number of amides is 1. The van der Waals surface area contributed by atoms with Crippen molar-refractivity contribution in [3.63, 3.8) is 0 Å². The van der Waals surface area contributed by atoms with Gasteiger partial charge in [0.2, 0.25) is 5.91 Å². The summed E-state index contributed by atoms with van der Waals surface area (Å²) in [5, 5.41) is 0. The van der Waals surface area contributed by atoms with Crippen LogP contribution in [-0.4, -0.2) is 54.7 Å². The quantitative estimate of drug-likeness (QED) is 0.503. The number of methoxy groups -OCH3 is 1. The molecule has 1 atom stereocenters. The monoisotopic (exact) mass is 461 g/mol. The third-order valence-electron chi connectivity index (χ3n) is 6.78. The Kier molecular flexibility index (Phi) is 6.70. The second-order valence-electron chi connectivity index (χ2n) is 9.03. The molecule has 0 radical (unpaired) electrons. The first-order valence-corrected chi connectivity index (χ1v) is 12.0. The van der Waals surface area contributed by atoms with Crippen molar-refractivity contribution in [1.82, 2.24) is 9.88 Å². The van der Waals surface area contributed by atoms with Gasteiger partial charge in [-0.3, -0.25) is 4.79 Å². The minimum absolute atomic E-state index is 0.0460. The highest BCUT2D eigenvalue weighted by Gasteiger charge is 2.31. The molecule has 34 heavy (non-hydrogen) atoms. The fraction of sp³-hybridized carbons (Fsp3) is 0.407. The van der Waals surface area contributed by atoms with Crippen molar-refractivity contribution in [3.05, 3.63) is 72.4 Å². The van der Waals surface area contributed by atoms with Crippen LogP contribution >= 0.6 is 0 Å². The Morgan fingerprint density at radius 3 is 2.68 bits per heavy atom. The highest BCUT2D eigenvalue weighted by Crippen LogP contribution is 2.36. The highest BCUT2D eigenvalue weighted by atomic mass is 16.5. The first-order valence-electron chi connectivity index (χ1n) is 12.0. The average molecular weight is 462 g/mol. The van der Waals surface area contributed by atoms with Crippen molar-refractivity contribution in [1.29, 1.82) is 0 Å². The summed E-state index contributed by atoms with van der Waals surface area (Å²) >= 11 is 0. The van der Waals surface area contributed by atoms with Crippen LogP contribution in [-0.2, 0) is 17.6 Å². The molecule has 1 saturated carbocycles. The summed E-state index contributed by atoms with van der Waals surface area (Å²) in [6.45, 7) is 2.14. The molecule has 1 aromatic heterocycles. The summed E-state index contributed by atoms with van der Waals surface area (Å²) in [4.78, 5) is 21.5. The molecular formula is C27H31N3O4. The summed E-state index contributed by atoms with van der Waals surface area (Å²) in [6, 6.07) is 16.5. The predicted octanol–water partition coefficient (Wildman–Crippen LogP) is 4.12. The first kappa shape index (κ1) is 22.3. The third kappa shape index (κ3) is 5.03. The minimum atomic E-state index is 0.0460. The molecular weight excluding hydrogens is 430 g/mol. The zero-order chi connectivity index (χ0) is 23.3. The minimum Gasteiger partial charge on any atom is -0.493 e. The van der Waals surface area contributed by atoms with Crippen LogP contribution in [0, 0.1) is 0 Å². The largest absolute Gasteiger partial charge is 0.493 e. The van der Waals surface area contributed by atoms with Gasteiger partial charge in [0, 0.05) is 31.4 Å². The van der Waals surface area contributed by atoms with E-state index in [1.54, 1.807) is 13.3 Å². The van der Waals surface area contributed by atoms with Crippen molar-refractivity contribution in [2.75, 3.05) is 31.6 Å². The lowest BCUT2D eigenvalue weighted by Crippen LogP contribution is -2.56. The number of hydrogen-bond donors (Lipinski definition) is 0. The van der Waals surface area contributed by atoms with Gasteiger partial charge in [0.25, 0.3) is 0 Å². The lowest BCUT2D eigenvalue weighted by Gasteiger charge is -2.43. The average Bonchev–Trinajstić information content (AvgIpc) is 3.35. The fourth-order valence-corrected chi connectivity index (χ4v) is 4.68. The Hall–Kier alpha value is -3.48. The van der Waals surface area contributed by atoms with E-state index in [0.29, 0.717) is 12.3 Å². The van der Waals surface area contributed by atoms with E-state index >= 15 is 0 Å². The number of ether oxygens (including phenoxy) is 2. The Morgan fingerprint density at radius 2 is 1.97 bits per heavy atom. The fourth-order valence-electron chi connectivity index (χ4n) is 4.68. The van der Waals surface area contributed by atoms with E-state index in [1.807, 2.05) is 29.2 Å². The van der Waals surface area contributed by atoms with E-state index in [1.165, 1.54) is 18.4 Å². The third-order valence-corrected chi connectivity index (χ3v) is 6.78. The van der Waals surface area contributed by atoms with Crippen molar-refractivity contribution in [2.45, 2.75) is 44.2 Å². The standard InChI is InChI=1S/C27H31N3O4/c1-32-25-11-10-21(15-26(25)34-23-8-5-9-23)29-12-13-30(27(31)16-24-17-28-19-33-24)22(18-29)14-20-6-3-2-4-7-20/h2-4,6-7,10-11,15,17,19,22-23H,5,8-9,12-14,16,18H2,1H3. The van der Waals surface area contributed by atoms with Crippen LogP contribution in [0.15, 0.2) is 65.5 Å². The molecule has 0 bridgehead atoms. The molecule has 7 heteroatoms. The molecule has 178 valence electrons. The Morgan fingerprint density at radius 1 is 1.12 bits per heavy atom. The number of piperazine rings is 1. The van der Waals surface area contributed by atoms with E-state index in [2.05, 4.69) is 34.1 Å². The number of hydrogen-bond acceptors (Lipinski definition) is 6. The van der Waals surface area contributed by atoms with E-state index in [9.17, 15) is 4.79 Å². The predicted molar refractivity (Wildman–Crippen MR) is 129 cm³/mol. The van der Waals surface area contributed by atoms with Gasteiger partial charge in [0.15, 0.2) is 17.9 Å². The molecule has 2 fully saturated rings. The molecule has 2 aromatic carbocycles. The van der Waals surface area contributed by atoms with Crippen molar-refractivity contribution >= 4 is 11.6 Å². The topological polar surface area (TPSA) is 68.0 Å². The van der Waals surface area contributed by atoms with E-state index < -0.39 is 0 Å². The molecule has 1 aliphatic carbocycles. The van der Waals surface area contributed by atoms with Gasteiger partial charge in [-0.2, -0.15) is 0 Å². The van der Waals surface area contributed by atoms with Gasteiger partial charge in [-0.25, -0.2) is 4.98 Å². The maximum Gasteiger partial charge on any atom is 0.230 e. The lowest BCUT2D eigenvalue weighted by molar-refractivity contribution is -0.133. The van der Waals surface area contributed by atoms with Gasteiger partial charge in [0.1, 0.15) is 5.76 Å². The van der Waals surface area contributed by atoms with E-state index in [4.69, 9.17) is 13.9 Å². The van der Waals surface area contributed by atoms with Gasteiger partial charge < -0.3 is 23.7 Å². The molecule has 2 aliphatic rings. The number of anilines is 1. The van der Waals surface area contributed by atoms with Crippen LogP contribution in [0.3, 0.4) is 0 Å². The highest BCUT2D eigenvalue weighted by molar-refractivity contribution is 5.79. The van der Waals surface area contributed by atoms with Gasteiger partial charge in [-0.1, -0.05) is 30.3 Å². The van der Waals surface area contributed by atoms with Gasteiger partial charge in [0.05, 0.1) is 31.9 Å². The SMILES string of the molecule is COc1ccc(N2CCN(C(=O)Cc3cnco3)C(Cc3ccccc3)C2)cc1OC1CCC1. The van der Waals surface area contributed by atoms with Crippen LogP contribution in [0.1, 0.15) is 30.6 Å². The number of oxazole rings is 1. The summed E-state index contributed by atoms with van der Waals surface area (Å²) in [6.07, 6.45) is 7.69. The summed E-state index contributed by atoms with van der Waals surface area (Å²) in [5.41, 5.74) is 2.31. The molecule has 0 N–H and O–H groups in total. The number of carbonyl (C=O) groups is 1. The van der Waals surface area contributed by atoms with Crippen molar-refractivity contribution in [3.8, 4) is 11.5 Å². The maximum absolute atomic E-state index is 13.2. The second kappa shape index (κ2) is 10.2. The Labute approximate surface area is 200 Å². The zero-order valence-electron chi connectivity index (χ0n) is 19.6. The first-order chi connectivity index (χ1) is 16.7. The van der Waals surface area contributed by atoms with Crippen LogP contribution in [0.5, 0.6) is 11.5 Å². The van der Waals surface area contributed by atoms with E-state index in [-0.39, 0.29) is 24.5 Å². The van der Waals surface area contributed by atoms with E-state index in [0.717, 1.165) is 49.5 Å². The molecule has 1 unspecified atom stereocenters. The van der Waals surface area contributed by atoms with Crippen molar-refractivity contribution in [2.24, 2.45) is 0 Å². The van der Waals surface area contributed by atoms with Crippen LogP contribution in [0.4, 0.5) is 5.69 Å².